The fraction of sp³-hybridized carbons (Fsp3) is 0.565. The van der Waals surface area contributed by atoms with Gasteiger partial charge < -0.3 is 10.4 Å². The quantitative estimate of drug-likeness (QED) is 0.548. The molecule has 5 heteroatoms. The van der Waals surface area contributed by atoms with Crippen molar-refractivity contribution in [2.75, 3.05) is 13.7 Å². The van der Waals surface area contributed by atoms with Crippen molar-refractivity contribution in [2.24, 2.45) is 17.8 Å². The van der Waals surface area contributed by atoms with Gasteiger partial charge >= 0.3 is 0 Å². The van der Waals surface area contributed by atoms with Crippen LogP contribution in [0.3, 0.4) is 0 Å². The molecule has 0 spiro atoms. The van der Waals surface area contributed by atoms with Gasteiger partial charge in [-0.3, -0.25) is 0 Å². The Balaban J connectivity index is 1.99. The van der Waals surface area contributed by atoms with Gasteiger partial charge in [0.2, 0.25) is 5.28 Å². The second-order valence-corrected chi connectivity index (χ2v) is 8.30. The Bertz CT molecular complexity index is 771. The molecule has 4 nitrogen and oxygen atoms in total. The summed E-state index contributed by atoms with van der Waals surface area (Å²) < 4.78 is 0. The summed E-state index contributed by atoms with van der Waals surface area (Å²) in [6.45, 7) is 4.64. The molecular formula is C23H32ClN3O. The topological polar surface area (TPSA) is 58.0 Å². The predicted molar refractivity (Wildman–Crippen MR) is 116 cm³/mol. The van der Waals surface area contributed by atoms with Gasteiger partial charge in [0, 0.05) is 23.9 Å². The van der Waals surface area contributed by atoms with Crippen LogP contribution in [-0.2, 0) is 12.8 Å². The summed E-state index contributed by atoms with van der Waals surface area (Å²) in [6, 6.07) is 0.361. The first-order chi connectivity index (χ1) is 13.6. The number of nitrogens with one attached hydrogen (secondary N) is 1. The van der Waals surface area contributed by atoms with E-state index in [9.17, 15) is 5.11 Å². The molecule has 0 saturated carbocycles. The summed E-state index contributed by atoms with van der Waals surface area (Å²) in [6.07, 6.45) is 15.9. The Hall–Kier alpha value is -1.49. The van der Waals surface area contributed by atoms with E-state index >= 15 is 0 Å². The lowest BCUT2D eigenvalue weighted by atomic mass is 9.82. The van der Waals surface area contributed by atoms with Crippen molar-refractivity contribution < 1.29 is 5.11 Å². The van der Waals surface area contributed by atoms with Crippen LogP contribution in [0.1, 0.15) is 50.1 Å². The fourth-order valence-electron chi connectivity index (χ4n) is 4.35. The van der Waals surface area contributed by atoms with Crippen LogP contribution in [0.15, 0.2) is 30.4 Å². The first-order valence-corrected chi connectivity index (χ1v) is 10.9. The lowest BCUT2D eigenvalue weighted by molar-refractivity contribution is 0.242. The maximum Gasteiger partial charge on any atom is 0.223 e. The molecular weight excluding hydrogens is 370 g/mol. The summed E-state index contributed by atoms with van der Waals surface area (Å²) in [5.41, 5.74) is 4.43. The summed E-state index contributed by atoms with van der Waals surface area (Å²) >= 11 is 6.37. The number of allylic oxidation sites excluding steroid dienone is 4. The Morgan fingerprint density at radius 3 is 2.86 bits per heavy atom. The molecule has 0 aliphatic heterocycles. The van der Waals surface area contributed by atoms with Crippen LogP contribution in [0.4, 0.5) is 0 Å². The van der Waals surface area contributed by atoms with Crippen LogP contribution in [-0.4, -0.2) is 34.8 Å². The highest BCUT2D eigenvalue weighted by Crippen LogP contribution is 2.33. The number of nitrogens with zero attached hydrogens (tertiary/aromatic N) is 2. The van der Waals surface area contributed by atoms with E-state index in [0.717, 1.165) is 49.1 Å². The molecule has 1 aromatic heterocycles. The number of aliphatic hydroxyl groups is 1. The van der Waals surface area contributed by atoms with E-state index in [2.05, 4.69) is 59.5 Å². The van der Waals surface area contributed by atoms with Gasteiger partial charge in [-0.1, -0.05) is 44.2 Å². The molecule has 1 aromatic rings. The molecule has 0 fully saturated rings. The zero-order valence-corrected chi connectivity index (χ0v) is 17.9. The van der Waals surface area contributed by atoms with E-state index in [1.54, 1.807) is 0 Å². The molecule has 28 heavy (non-hydrogen) atoms. The highest BCUT2D eigenvalue weighted by Gasteiger charge is 2.25. The van der Waals surface area contributed by atoms with Crippen molar-refractivity contribution in [2.45, 2.75) is 52.0 Å². The molecule has 152 valence electrons. The van der Waals surface area contributed by atoms with Crippen molar-refractivity contribution in [1.82, 2.24) is 15.3 Å². The van der Waals surface area contributed by atoms with Crippen LogP contribution in [0.25, 0.3) is 5.57 Å². The molecule has 2 aliphatic carbocycles. The minimum atomic E-state index is 0.219. The molecule has 0 saturated heterocycles. The third kappa shape index (κ3) is 4.73. The molecule has 0 amide bonds. The minimum Gasteiger partial charge on any atom is -0.396 e. The zero-order valence-electron chi connectivity index (χ0n) is 17.2. The number of rotatable bonds is 6. The monoisotopic (exact) mass is 401 g/mol. The molecule has 0 bridgehead atoms. The maximum atomic E-state index is 9.35. The van der Waals surface area contributed by atoms with Crippen LogP contribution in [0.2, 0.25) is 5.28 Å². The lowest BCUT2D eigenvalue weighted by Crippen LogP contribution is -2.32. The predicted octanol–water partition coefficient (Wildman–Crippen LogP) is 4.38. The minimum absolute atomic E-state index is 0.219. The van der Waals surface area contributed by atoms with Crippen molar-refractivity contribution >= 4 is 17.2 Å². The molecule has 2 N–H and O–H groups in total. The molecule has 4 unspecified atom stereocenters. The number of likely N-dealkylation sites (N-methyl/N-ethyl adjacent to an activating group) is 1. The summed E-state index contributed by atoms with van der Waals surface area (Å²) in [7, 11) is 2.01. The summed E-state index contributed by atoms with van der Waals surface area (Å²) in [5.74, 6) is 1.21. The molecule has 0 radical (unpaired) electrons. The van der Waals surface area contributed by atoms with E-state index in [-0.39, 0.29) is 6.61 Å². The second kappa shape index (κ2) is 9.82. The molecule has 3 rings (SSSR count). The smallest absolute Gasteiger partial charge is 0.223 e. The van der Waals surface area contributed by atoms with Crippen molar-refractivity contribution in [3.8, 4) is 0 Å². The number of aliphatic hydroxyl groups excluding tert-OH is 1. The van der Waals surface area contributed by atoms with Gasteiger partial charge in [-0.15, -0.1) is 0 Å². The van der Waals surface area contributed by atoms with Crippen LogP contribution in [0, 0.1) is 17.8 Å². The van der Waals surface area contributed by atoms with Gasteiger partial charge in [0.1, 0.15) is 0 Å². The number of hydrogen-bond donors (Lipinski definition) is 2. The zero-order chi connectivity index (χ0) is 20.1. The maximum absolute atomic E-state index is 9.35. The Morgan fingerprint density at radius 1 is 1.32 bits per heavy atom. The average Bonchev–Trinajstić information content (AvgIpc) is 2.68. The fourth-order valence-corrected chi connectivity index (χ4v) is 4.54. The second-order valence-electron chi connectivity index (χ2n) is 7.96. The van der Waals surface area contributed by atoms with Crippen LogP contribution in [0.5, 0.6) is 0 Å². The highest BCUT2D eigenvalue weighted by molar-refractivity contribution is 6.28. The number of halogens is 1. The average molecular weight is 402 g/mol. The SMILES string of the molecule is CCC1C=C(c2nc(Cl)nc3c2CCC=CC(C(C)CCO)C3)C=CC1NC. The number of fused-ring (bicyclic) bond motifs is 1. The van der Waals surface area contributed by atoms with Gasteiger partial charge in [0.15, 0.2) is 0 Å². The standard InChI is InChI=1S/C23H32ClN3O/c1-4-16-13-18(9-10-20(16)25-3)22-19-8-6-5-7-17(15(2)11-12-28)14-21(19)26-23(24)27-22/h5,7,9-10,13,15-17,20,25,28H,4,6,8,11-12,14H2,1-3H3. The van der Waals surface area contributed by atoms with E-state index in [1.807, 2.05) is 7.05 Å². The van der Waals surface area contributed by atoms with Crippen molar-refractivity contribution in [3.63, 3.8) is 0 Å². The third-order valence-electron chi connectivity index (χ3n) is 6.17. The highest BCUT2D eigenvalue weighted by atomic mass is 35.5. The van der Waals surface area contributed by atoms with Crippen LogP contribution < -0.4 is 5.32 Å². The Morgan fingerprint density at radius 2 is 2.14 bits per heavy atom. The van der Waals surface area contributed by atoms with E-state index in [1.165, 1.54) is 5.56 Å². The summed E-state index contributed by atoms with van der Waals surface area (Å²) in [4.78, 5) is 9.29. The lowest BCUT2D eigenvalue weighted by Gasteiger charge is -2.27. The molecule has 0 aromatic carbocycles. The largest absolute Gasteiger partial charge is 0.396 e. The molecule has 1 heterocycles. The van der Waals surface area contributed by atoms with Gasteiger partial charge in [-0.05, 0) is 74.1 Å². The van der Waals surface area contributed by atoms with E-state index in [4.69, 9.17) is 11.6 Å². The van der Waals surface area contributed by atoms with Crippen LogP contribution >= 0.6 is 11.6 Å². The first kappa shape index (κ1) is 21.2. The summed E-state index contributed by atoms with van der Waals surface area (Å²) in [5, 5.41) is 13.0. The number of hydrogen-bond acceptors (Lipinski definition) is 4. The van der Waals surface area contributed by atoms with Gasteiger partial charge in [0.05, 0.1) is 5.69 Å². The Labute approximate surface area is 173 Å². The van der Waals surface area contributed by atoms with E-state index in [0.29, 0.717) is 29.1 Å². The third-order valence-corrected chi connectivity index (χ3v) is 6.34. The number of aromatic nitrogens is 2. The van der Waals surface area contributed by atoms with Gasteiger partial charge in [-0.2, -0.15) is 0 Å². The normalized spacial score (nSPS) is 25.6. The molecule has 2 aliphatic rings. The van der Waals surface area contributed by atoms with E-state index < -0.39 is 0 Å². The van der Waals surface area contributed by atoms with Crippen molar-refractivity contribution in [3.05, 3.63) is 52.6 Å². The van der Waals surface area contributed by atoms with Gasteiger partial charge in [0.25, 0.3) is 0 Å². The first-order valence-electron chi connectivity index (χ1n) is 10.5. The molecule has 4 atom stereocenters. The van der Waals surface area contributed by atoms with Gasteiger partial charge in [-0.25, -0.2) is 9.97 Å². The Kier molecular flexibility index (Phi) is 7.44. The van der Waals surface area contributed by atoms with Crippen molar-refractivity contribution in [1.29, 1.82) is 0 Å².